The van der Waals surface area contributed by atoms with E-state index in [1.807, 2.05) is 43.3 Å². The molecule has 6 nitrogen and oxygen atoms in total. The Hall–Kier alpha value is -3.38. The van der Waals surface area contributed by atoms with Crippen LogP contribution in [-0.4, -0.2) is 10.8 Å². The summed E-state index contributed by atoms with van der Waals surface area (Å²) >= 11 is 6.12. The third kappa shape index (κ3) is 4.47. The molecule has 2 N–H and O–H groups in total. The molecule has 0 aliphatic heterocycles. The molecule has 0 radical (unpaired) electrons. The minimum atomic E-state index is -0.514. The van der Waals surface area contributed by atoms with Crippen LogP contribution >= 0.6 is 11.6 Å². The summed E-state index contributed by atoms with van der Waals surface area (Å²) in [5.74, 6) is -0.407. The van der Waals surface area contributed by atoms with E-state index >= 15 is 0 Å². The molecule has 0 unspecified atom stereocenters. The van der Waals surface area contributed by atoms with E-state index in [9.17, 15) is 14.9 Å². The minimum absolute atomic E-state index is 0.176. The maximum Gasteiger partial charge on any atom is 0.293 e. The van der Waals surface area contributed by atoms with Gasteiger partial charge >= 0.3 is 0 Å². The van der Waals surface area contributed by atoms with E-state index in [-0.39, 0.29) is 11.3 Å². The van der Waals surface area contributed by atoms with E-state index in [2.05, 4.69) is 10.6 Å². The van der Waals surface area contributed by atoms with Crippen LogP contribution in [0.4, 0.5) is 17.1 Å². The smallest absolute Gasteiger partial charge is 0.293 e. The molecular weight excluding hydrogens is 378 g/mol. The number of nitrogens with zero attached hydrogens (tertiary/aromatic N) is 1. The third-order valence-electron chi connectivity index (χ3n) is 4.28. The second-order valence-electron chi connectivity index (χ2n) is 6.20. The Morgan fingerprint density at radius 2 is 1.75 bits per heavy atom. The van der Waals surface area contributed by atoms with Gasteiger partial charge in [0.05, 0.1) is 4.92 Å². The molecule has 0 heterocycles. The summed E-state index contributed by atoms with van der Waals surface area (Å²) in [5.41, 5.74) is 2.74. The highest BCUT2D eigenvalue weighted by Crippen LogP contribution is 2.27. The molecule has 0 spiro atoms. The Bertz CT molecular complexity index is 1040. The highest BCUT2D eigenvalue weighted by molar-refractivity contribution is 6.31. The Morgan fingerprint density at radius 3 is 2.46 bits per heavy atom. The molecule has 142 valence electrons. The molecule has 3 aromatic rings. The van der Waals surface area contributed by atoms with Crippen LogP contribution in [0, 0.1) is 17.0 Å². The number of nitro benzene ring substituents is 1. The Balaban J connectivity index is 1.81. The summed E-state index contributed by atoms with van der Waals surface area (Å²) in [6.45, 7) is 2.20. The molecule has 0 atom stereocenters. The van der Waals surface area contributed by atoms with E-state index in [0.29, 0.717) is 22.9 Å². The average molecular weight is 396 g/mol. The highest BCUT2D eigenvalue weighted by atomic mass is 35.5. The molecule has 28 heavy (non-hydrogen) atoms. The first kappa shape index (κ1) is 19.4. The molecule has 1 amide bonds. The average Bonchev–Trinajstić information content (AvgIpc) is 2.69. The molecule has 0 aliphatic rings. The first-order chi connectivity index (χ1) is 13.5. The van der Waals surface area contributed by atoms with Crippen molar-refractivity contribution in [3.63, 3.8) is 0 Å². The van der Waals surface area contributed by atoms with Crippen LogP contribution in [0.2, 0.25) is 5.02 Å². The van der Waals surface area contributed by atoms with Crippen molar-refractivity contribution < 1.29 is 9.72 Å². The maximum absolute atomic E-state index is 12.5. The largest absolute Gasteiger partial charge is 0.375 e. The highest BCUT2D eigenvalue weighted by Gasteiger charge is 2.18. The van der Waals surface area contributed by atoms with Crippen molar-refractivity contribution in [3.8, 4) is 0 Å². The van der Waals surface area contributed by atoms with E-state index in [1.54, 1.807) is 18.2 Å². The summed E-state index contributed by atoms with van der Waals surface area (Å²) in [6, 6.07) is 18.9. The van der Waals surface area contributed by atoms with Crippen molar-refractivity contribution in [1.29, 1.82) is 0 Å². The zero-order valence-corrected chi connectivity index (χ0v) is 15.9. The number of hydrogen-bond donors (Lipinski definition) is 2. The lowest BCUT2D eigenvalue weighted by atomic mass is 10.1. The number of halogens is 1. The second kappa shape index (κ2) is 8.54. The number of hydrogen-bond acceptors (Lipinski definition) is 4. The Morgan fingerprint density at radius 1 is 1.04 bits per heavy atom. The molecular formula is C21H18ClN3O3. The summed E-state index contributed by atoms with van der Waals surface area (Å²) < 4.78 is 0. The van der Waals surface area contributed by atoms with Gasteiger partial charge in [-0.1, -0.05) is 48.0 Å². The molecule has 0 saturated heterocycles. The number of amides is 1. The van der Waals surface area contributed by atoms with Gasteiger partial charge in [0, 0.05) is 28.9 Å². The van der Waals surface area contributed by atoms with Gasteiger partial charge in [-0.3, -0.25) is 14.9 Å². The monoisotopic (exact) mass is 395 g/mol. The fraction of sp³-hybridized carbons (Fsp3) is 0.0952. The first-order valence-corrected chi connectivity index (χ1v) is 8.96. The molecule has 0 aliphatic carbocycles. The molecule has 3 rings (SSSR count). The van der Waals surface area contributed by atoms with Crippen LogP contribution in [-0.2, 0) is 6.54 Å². The number of carbonyl (C=O) groups is 1. The Labute approximate surface area is 167 Å². The molecule has 0 saturated carbocycles. The second-order valence-corrected chi connectivity index (χ2v) is 6.61. The fourth-order valence-electron chi connectivity index (χ4n) is 2.71. The zero-order valence-electron chi connectivity index (χ0n) is 15.1. The van der Waals surface area contributed by atoms with Gasteiger partial charge < -0.3 is 10.6 Å². The number of para-hydroxylation sites is 1. The summed E-state index contributed by atoms with van der Waals surface area (Å²) in [6.07, 6.45) is 0. The predicted octanol–water partition coefficient (Wildman–Crippen LogP) is 5.42. The van der Waals surface area contributed by atoms with Gasteiger partial charge in [0.2, 0.25) is 0 Å². The number of rotatable bonds is 6. The van der Waals surface area contributed by atoms with E-state index < -0.39 is 10.8 Å². The number of anilines is 2. The van der Waals surface area contributed by atoms with Crippen LogP contribution in [0.15, 0.2) is 66.7 Å². The van der Waals surface area contributed by atoms with Gasteiger partial charge in [-0.25, -0.2) is 0 Å². The number of benzene rings is 3. The van der Waals surface area contributed by atoms with Crippen LogP contribution < -0.4 is 10.6 Å². The third-order valence-corrected chi connectivity index (χ3v) is 4.65. The predicted molar refractivity (Wildman–Crippen MR) is 111 cm³/mol. The fourth-order valence-corrected chi connectivity index (χ4v) is 2.92. The van der Waals surface area contributed by atoms with Crippen molar-refractivity contribution in [1.82, 2.24) is 0 Å². The van der Waals surface area contributed by atoms with Crippen molar-refractivity contribution in [2.24, 2.45) is 0 Å². The van der Waals surface area contributed by atoms with Gasteiger partial charge in [-0.2, -0.15) is 0 Å². The standard InChI is InChI=1S/C21H18ClN3O3/c1-14-6-2-5-9-18(14)24-21(26)15-10-11-19(20(12-15)25(27)28)23-13-16-7-3-4-8-17(16)22/h2-12,23H,13H2,1H3,(H,24,26). The van der Waals surface area contributed by atoms with E-state index in [0.717, 1.165) is 11.1 Å². The number of aryl methyl sites for hydroxylation is 1. The lowest BCUT2D eigenvalue weighted by molar-refractivity contribution is -0.384. The molecule has 3 aromatic carbocycles. The van der Waals surface area contributed by atoms with Crippen molar-refractivity contribution in [2.75, 3.05) is 10.6 Å². The van der Waals surface area contributed by atoms with Crippen LogP contribution in [0.5, 0.6) is 0 Å². The molecule has 0 aromatic heterocycles. The summed E-state index contributed by atoms with van der Waals surface area (Å²) in [7, 11) is 0. The minimum Gasteiger partial charge on any atom is -0.375 e. The molecule has 0 fully saturated rings. The van der Waals surface area contributed by atoms with Gasteiger partial charge in [-0.05, 0) is 42.3 Å². The lowest BCUT2D eigenvalue weighted by Crippen LogP contribution is -2.13. The summed E-state index contributed by atoms with van der Waals surface area (Å²) in [5, 5.41) is 17.9. The van der Waals surface area contributed by atoms with Gasteiger partial charge in [0.25, 0.3) is 11.6 Å². The SMILES string of the molecule is Cc1ccccc1NC(=O)c1ccc(NCc2ccccc2Cl)c([N+](=O)[O-])c1. The van der Waals surface area contributed by atoms with Gasteiger partial charge in [0.1, 0.15) is 5.69 Å². The molecule has 7 heteroatoms. The number of nitro groups is 1. The lowest BCUT2D eigenvalue weighted by Gasteiger charge is -2.11. The zero-order chi connectivity index (χ0) is 20.1. The number of nitrogens with one attached hydrogen (secondary N) is 2. The van der Waals surface area contributed by atoms with Crippen LogP contribution in [0.1, 0.15) is 21.5 Å². The van der Waals surface area contributed by atoms with Crippen molar-refractivity contribution >= 4 is 34.6 Å². The van der Waals surface area contributed by atoms with Gasteiger partial charge in [-0.15, -0.1) is 0 Å². The van der Waals surface area contributed by atoms with Gasteiger partial charge in [0.15, 0.2) is 0 Å². The van der Waals surface area contributed by atoms with Crippen LogP contribution in [0.25, 0.3) is 0 Å². The van der Waals surface area contributed by atoms with Crippen molar-refractivity contribution in [2.45, 2.75) is 13.5 Å². The summed E-state index contributed by atoms with van der Waals surface area (Å²) in [4.78, 5) is 23.5. The maximum atomic E-state index is 12.5. The number of carbonyl (C=O) groups excluding carboxylic acids is 1. The Kier molecular flexibility index (Phi) is 5.91. The van der Waals surface area contributed by atoms with Crippen molar-refractivity contribution in [3.05, 3.63) is 98.6 Å². The van der Waals surface area contributed by atoms with Crippen LogP contribution in [0.3, 0.4) is 0 Å². The first-order valence-electron chi connectivity index (χ1n) is 8.58. The van der Waals surface area contributed by atoms with E-state index in [1.165, 1.54) is 12.1 Å². The van der Waals surface area contributed by atoms with E-state index in [4.69, 9.17) is 11.6 Å². The quantitative estimate of drug-likeness (QED) is 0.431. The molecule has 0 bridgehead atoms. The topological polar surface area (TPSA) is 84.3 Å². The normalized spacial score (nSPS) is 10.4.